The van der Waals surface area contributed by atoms with E-state index in [0.717, 1.165) is 5.56 Å². The van der Waals surface area contributed by atoms with Gasteiger partial charge < -0.3 is 15.8 Å². The number of carbonyl (C=O) groups is 1. The lowest BCUT2D eigenvalue weighted by molar-refractivity contribution is -0.297. The fourth-order valence-electron chi connectivity index (χ4n) is 2.90. The highest BCUT2D eigenvalue weighted by molar-refractivity contribution is 6.38. The number of alkyl halides is 5. The van der Waals surface area contributed by atoms with Crippen LogP contribution in [0.3, 0.4) is 0 Å². The van der Waals surface area contributed by atoms with E-state index in [4.69, 9.17) is 5.73 Å². The van der Waals surface area contributed by atoms with Crippen LogP contribution in [0.5, 0.6) is 0 Å². The molecule has 11 heteroatoms. The van der Waals surface area contributed by atoms with Gasteiger partial charge in [0.2, 0.25) is 5.84 Å². The molecule has 0 radical (unpaired) electrons. The first-order valence-corrected chi connectivity index (χ1v) is 9.10. The number of aryl methyl sites for hydroxylation is 1. The van der Waals surface area contributed by atoms with Crippen molar-refractivity contribution in [3.05, 3.63) is 65.2 Å². The second kappa shape index (κ2) is 8.50. The third-order valence-electron chi connectivity index (χ3n) is 4.63. The molecule has 0 saturated heterocycles. The summed E-state index contributed by atoms with van der Waals surface area (Å²) in [7, 11) is 0. The molecule has 2 aromatic carbocycles. The van der Waals surface area contributed by atoms with Crippen molar-refractivity contribution in [3.8, 4) is 0 Å². The average Bonchev–Trinajstić information content (AvgIpc) is 3.15. The third kappa shape index (κ3) is 4.93. The van der Waals surface area contributed by atoms with E-state index < -0.39 is 37.4 Å². The molecule has 0 fully saturated rings. The normalized spacial score (nSPS) is 16.8. The molecule has 0 saturated carbocycles. The van der Waals surface area contributed by atoms with Crippen LogP contribution in [0.2, 0.25) is 0 Å². The Labute approximate surface area is 174 Å². The predicted octanol–water partition coefficient (Wildman–Crippen LogP) is 3.62. The van der Waals surface area contributed by atoms with Crippen molar-refractivity contribution in [3.63, 3.8) is 0 Å². The number of rotatable bonds is 7. The molecule has 1 aliphatic heterocycles. The zero-order valence-electron chi connectivity index (χ0n) is 16.3. The fourth-order valence-corrected chi connectivity index (χ4v) is 2.90. The number of amides is 1. The van der Waals surface area contributed by atoms with E-state index in [-0.39, 0.29) is 5.84 Å². The van der Waals surface area contributed by atoms with Gasteiger partial charge >= 0.3 is 12.1 Å². The molecule has 0 bridgehead atoms. The maximum absolute atomic E-state index is 13.1. The van der Waals surface area contributed by atoms with Crippen LogP contribution in [0, 0.1) is 6.92 Å². The van der Waals surface area contributed by atoms with E-state index in [9.17, 15) is 26.7 Å². The molecule has 1 amide bonds. The Morgan fingerprint density at radius 2 is 1.84 bits per heavy atom. The van der Waals surface area contributed by atoms with E-state index in [1.54, 1.807) is 37.3 Å². The maximum Gasteiger partial charge on any atom is 0.455 e. The van der Waals surface area contributed by atoms with Gasteiger partial charge in [0.05, 0.1) is 12.3 Å². The summed E-state index contributed by atoms with van der Waals surface area (Å²) in [5.74, 6) is -5.79. The number of primary amides is 1. The zero-order valence-corrected chi connectivity index (χ0v) is 16.3. The summed E-state index contributed by atoms with van der Waals surface area (Å²) in [5.41, 5.74) is 7.58. The molecule has 2 aromatic rings. The number of amidine groups is 1. The van der Waals surface area contributed by atoms with Gasteiger partial charge in [-0.25, -0.2) is 5.01 Å². The Kier molecular flexibility index (Phi) is 6.16. The van der Waals surface area contributed by atoms with Crippen molar-refractivity contribution in [2.45, 2.75) is 31.8 Å². The molecule has 3 N–H and O–H groups in total. The molecule has 1 aliphatic rings. The van der Waals surface area contributed by atoms with E-state index in [1.807, 2.05) is 18.2 Å². The van der Waals surface area contributed by atoms with Crippen molar-refractivity contribution in [2.75, 3.05) is 11.6 Å². The van der Waals surface area contributed by atoms with Crippen LogP contribution in [0.4, 0.5) is 27.6 Å². The number of nitrogens with one attached hydrogen (secondary N) is 1. The van der Waals surface area contributed by atoms with E-state index in [2.05, 4.69) is 15.2 Å². The second-order valence-corrected chi connectivity index (χ2v) is 6.92. The van der Waals surface area contributed by atoms with Crippen molar-refractivity contribution in [1.82, 2.24) is 5.32 Å². The minimum absolute atomic E-state index is 0.0722. The summed E-state index contributed by atoms with van der Waals surface area (Å²) in [6.07, 6.45) is -6.26. The molecule has 1 unspecified atom stereocenters. The number of hydrogen-bond acceptors (Lipinski definition) is 5. The number of carbonyl (C=O) groups excluding carboxylic acids is 1. The monoisotopic (exact) mass is 442 g/mol. The Morgan fingerprint density at radius 1 is 1.16 bits per heavy atom. The molecule has 0 aromatic heterocycles. The van der Waals surface area contributed by atoms with Gasteiger partial charge in [-0.1, -0.05) is 36.4 Å². The standard InChI is InChI=1S/C20H19F5N4O2/c1-12-7-8-15(9-14(12)10-31-11-19(21,22)20(23,24)25)29-18(13-5-3-2-4-6-13)27-17(28-29)16(26)30/h2-9,18H,10-11H2,1H3,(H2,26,30)(H,27,28). The zero-order chi connectivity index (χ0) is 22.8. The Hall–Kier alpha value is -3.21. The first-order chi connectivity index (χ1) is 14.5. The van der Waals surface area contributed by atoms with Gasteiger partial charge in [-0.15, -0.1) is 5.10 Å². The van der Waals surface area contributed by atoms with Crippen molar-refractivity contribution in [2.24, 2.45) is 10.8 Å². The molecule has 1 atom stereocenters. The molecule has 3 rings (SSSR count). The van der Waals surface area contributed by atoms with Crippen molar-refractivity contribution in [1.29, 1.82) is 0 Å². The lowest BCUT2D eigenvalue weighted by Crippen LogP contribution is -2.40. The SMILES string of the molecule is Cc1ccc(N2N=C(C(N)=O)NC2c2ccccc2)cc1COCC(F)(F)C(F)(F)F. The Bertz CT molecular complexity index is 979. The number of ether oxygens (including phenoxy) is 1. The molecule has 166 valence electrons. The van der Waals surface area contributed by atoms with Gasteiger partial charge in [-0.05, 0) is 35.7 Å². The van der Waals surface area contributed by atoms with Crippen molar-refractivity contribution < 1.29 is 31.5 Å². The van der Waals surface area contributed by atoms with Gasteiger partial charge in [0.1, 0.15) is 12.8 Å². The van der Waals surface area contributed by atoms with E-state index >= 15 is 0 Å². The number of halogens is 5. The van der Waals surface area contributed by atoms with Gasteiger partial charge in [0.15, 0.2) is 0 Å². The number of nitrogens with zero attached hydrogens (tertiary/aromatic N) is 2. The topological polar surface area (TPSA) is 80.0 Å². The summed E-state index contributed by atoms with van der Waals surface area (Å²) in [6, 6.07) is 13.9. The number of benzene rings is 2. The molecule has 0 aliphatic carbocycles. The predicted molar refractivity (Wildman–Crippen MR) is 103 cm³/mol. The summed E-state index contributed by atoms with van der Waals surface area (Å²) < 4.78 is 67.8. The quantitative estimate of drug-likeness (QED) is 0.642. The molecule has 6 nitrogen and oxygen atoms in total. The van der Waals surface area contributed by atoms with E-state index in [1.165, 1.54) is 5.01 Å². The minimum atomic E-state index is -5.69. The van der Waals surface area contributed by atoms with Crippen LogP contribution >= 0.6 is 0 Å². The van der Waals surface area contributed by atoms with Gasteiger partial charge in [0, 0.05) is 0 Å². The smallest absolute Gasteiger partial charge is 0.370 e. The van der Waals surface area contributed by atoms with Crippen LogP contribution < -0.4 is 16.1 Å². The second-order valence-electron chi connectivity index (χ2n) is 6.92. The molecule has 0 spiro atoms. The van der Waals surface area contributed by atoms with Crippen LogP contribution in [-0.2, 0) is 16.1 Å². The third-order valence-corrected chi connectivity index (χ3v) is 4.63. The Morgan fingerprint density at radius 3 is 2.45 bits per heavy atom. The highest BCUT2D eigenvalue weighted by atomic mass is 19.4. The largest absolute Gasteiger partial charge is 0.455 e. The Balaban J connectivity index is 1.84. The summed E-state index contributed by atoms with van der Waals surface area (Å²) >= 11 is 0. The number of hydrazone groups is 1. The van der Waals surface area contributed by atoms with Crippen LogP contribution in [0.1, 0.15) is 22.9 Å². The molecule has 1 heterocycles. The highest BCUT2D eigenvalue weighted by Crippen LogP contribution is 2.36. The lowest BCUT2D eigenvalue weighted by Gasteiger charge is -2.25. The van der Waals surface area contributed by atoms with Crippen LogP contribution in [-0.4, -0.2) is 30.4 Å². The number of anilines is 1. The summed E-state index contributed by atoms with van der Waals surface area (Å²) in [4.78, 5) is 11.6. The van der Waals surface area contributed by atoms with Crippen molar-refractivity contribution >= 4 is 17.4 Å². The average molecular weight is 442 g/mol. The first-order valence-electron chi connectivity index (χ1n) is 9.10. The molecule has 31 heavy (non-hydrogen) atoms. The number of hydrogen-bond donors (Lipinski definition) is 2. The summed E-state index contributed by atoms with van der Waals surface area (Å²) in [6.45, 7) is -0.587. The van der Waals surface area contributed by atoms with Gasteiger partial charge in [-0.3, -0.25) is 4.79 Å². The maximum atomic E-state index is 13.1. The van der Waals surface area contributed by atoms with E-state index in [0.29, 0.717) is 16.8 Å². The fraction of sp³-hybridized carbons (Fsp3) is 0.300. The number of nitrogens with two attached hydrogens (primary N) is 1. The van der Waals surface area contributed by atoms with Crippen LogP contribution in [0.15, 0.2) is 53.6 Å². The minimum Gasteiger partial charge on any atom is -0.370 e. The highest BCUT2D eigenvalue weighted by Gasteiger charge is 2.57. The van der Waals surface area contributed by atoms with Gasteiger partial charge in [-0.2, -0.15) is 22.0 Å². The first kappa shape index (κ1) is 22.5. The lowest BCUT2D eigenvalue weighted by atomic mass is 10.1. The molecular formula is C20H19F5N4O2. The van der Waals surface area contributed by atoms with Crippen LogP contribution in [0.25, 0.3) is 0 Å². The van der Waals surface area contributed by atoms with Gasteiger partial charge in [0.25, 0.3) is 5.91 Å². The molecular weight excluding hydrogens is 423 g/mol. The summed E-state index contributed by atoms with van der Waals surface area (Å²) in [5, 5.41) is 8.58.